The molecule has 0 aliphatic carbocycles. The molecule has 17 heavy (non-hydrogen) atoms. The van der Waals surface area contributed by atoms with E-state index in [-0.39, 0.29) is 0 Å². The van der Waals surface area contributed by atoms with Gasteiger partial charge in [-0.2, -0.15) is 0 Å². The van der Waals surface area contributed by atoms with Crippen LogP contribution in [0.1, 0.15) is 5.56 Å². The summed E-state index contributed by atoms with van der Waals surface area (Å²) in [6.07, 6.45) is 1.29. The summed E-state index contributed by atoms with van der Waals surface area (Å²) in [4.78, 5) is 13.0. The lowest BCUT2D eigenvalue weighted by Gasteiger charge is -2.31. The topological polar surface area (TPSA) is 52.6 Å². The first kappa shape index (κ1) is 11.7. The van der Waals surface area contributed by atoms with Crippen LogP contribution < -0.4 is 5.32 Å². The van der Waals surface area contributed by atoms with Crippen molar-refractivity contribution in [3.05, 3.63) is 42.0 Å². The molecule has 1 heterocycles. The SMILES string of the molecule is O=C(O)/C=C(/c1ccccc1)N1CCNCC1. The first-order valence-corrected chi connectivity index (χ1v) is 5.73. The summed E-state index contributed by atoms with van der Waals surface area (Å²) in [7, 11) is 0. The Bertz CT molecular complexity index is 409. The van der Waals surface area contributed by atoms with E-state index in [1.807, 2.05) is 30.3 Å². The second-order valence-electron chi connectivity index (χ2n) is 3.97. The van der Waals surface area contributed by atoms with Crippen molar-refractivity contribution in [2.24, 2.45) is 0 Å². The number of carboxylic acid groups (broad SMARTS) is 1. The van der Waals surface area contributed by atoms with Crippen molar-refractivity contribution in [2.75, 3.05) is 26.2 Å². The minimum atomic E-state index is -0.901. The van der Waals surface area contributed by atoms with E-state index in [2.05, 4.69) is 10.2 Å². The number of piperazine rings is 1. The molecular formula is C13H16N2O2. The lowest BCUT2D eigenvalue weighted by molar-refractivity contribution is -0.131. The second kappa shape index (κ2) is 5.50. The van der Waals surface area contributed by atoms with Gasteiger partial charge in [-0.15, -0.1) is 0 Å². The van der Waals surface area contributed by atoms with E-state index in [0.29, 0.717) is 0 Å². The van der Waals surface area contributed by atoms with E-state index < -0.39 is 5.97 Å². The number of rotatable bonds is 3. The predicted molar refractivity (Wildman–Crippen MR) is 66.5 cm³/mol. The van der Waals surface area contributed by atoms with Crippen molar-refractivity contribution in [1.29, 1.82) is 0 Å². The molecule has 0 aromatic heterocycles. The van der Waals surface area contributed by atoms with Crippen LogP contribution in [-0.2, 0) is 4.79 Å². The zero-order valence-electron chi connectivity index (χ0n) is 9.60. The van der Waals surface area contributed by atoms with Gasteiger partial charge < -0.3 is 15.3 Å². The Morgan fingerprint density at radius 3 is 2.47 bits per heavy atom. The number of carboxylic acids is 1. The fourth-order valence-electron chi connectivity index (χ4n) is 1.99. The van der Waals surface area contributed by atoms with Crippen LogP contribution in [0.5, 0.6) is 0 Å². The molecule has 4 nitrogen and oxygen atoms in total. The number of nitrogens with zero attached hydrogens (tertiary/aromatic N) is 1. The van der Waals surface area contributed by atoms with Gasteiger partial charge in [0.05, 0.1) is 5.70 Å². The van der Waals surface area contributed by atoms with Gasteiger partial charge in [-0.1, -0.05) is 30.3 Å². The van der Waals surface area contributed by atoms with Crippen LogP contribution in [0.3, 0.4) is 0 Å². The normalized spacial score (nSPS) is 16.9. The van der Waals surface area contributed by atoms with E-state index in [1.165, 1.54) is 6.08 Å². The summed E-state index contributed by atoms with van der Waals surface area (Å²) >= 11 is 0. The maximum Gasteiger partial charge on any atom is 0.330 e. The molecule has 1 fully saturated rings. The maximum absolute atomic E-state index is 10.9. The zero-order valence-corrected chi connectivity index (χ0v) is 9.60. The summed E-state index contributed by atoms with van der Waals surface area (Å²) < 4.78 is 0. The molecule has 0 unspecified atom stereocenters. The zero-order chi connectivity index (χ0) is 12.1. The molecule has 0 radical (unpaired) electrons. The van der Waals surface area contributed by atoms with Crippen molar-refractivity contribution in [2.45, 2.75) is 0 Å². The molecule has 1 aliphatic rings. The molecule has 0 spiro atoms. The second-order valence-corrected chi connectivity index (χ2v) is 3.97. The number of hydrogen-bond donors (Lipinski definition) is 2. The van der Waals surface area contributed by atoms with Crippen LogP contribution in [0, 0.1) is 0 Å². The lowest BCUT2D eigenvalue weighted by Crippen LogP contribution is -2.42. The highest BCUT2D eigenvalue weighted by atomic mass is 16.4. The third-order valence-electron chi connectivity index (χ3n) is 2.79. The summed E-state index contributed by atoms with van der Waals surface area (Å²) in [5.74, 6) is -0.901. The van der Waals surface area contributed by atoms with Crippen LogP contribution in [-0.4, -0.2) is 42.2 Å². The van der Waals surface area contributed by atoms with Crippen molar-refractivity contribution in [1.82, 2.24) is 10.2 Å². The molecule has 0 saturated carbocycles. The number of carbonyl (C=O) groups is 1. The molecule has 2 N–H and O–H groups in total. The molecule has 1 saturated heterocycles. The van der Waals surface area contributed by atoms with Crippen molar-refractivity contribution in [3.8, 4) is 0 Å². The monoisotopic (exact) mass is 232 g/mol. The Balaban J connectivity index is 2.28. The Morgan fingerprint density at radius 2 is 1.88 bits per heavy atom. The van der Waals surface area contributed by atoms with E-state index in [0.717, 1.165) is 37.4 Å². The average Bonchev–Trinajstić information content (AvgIpc) is 2.38. The molecule has 0 amide bonds. The number of benzene rings is 1. The Morgan fingerprint density at radius 1 is 1.24 bits per heavy atom. The van der Waals surface area contributed by atoms with Gasteiger partial charge in [0, 0.05) is 32.3 Å². The van der Waals surface area contributed by atoms with Gasteiger partial charge in [0.2, 0.25) is 0 Å². The first-order valence-electron chi connectivity index (χ1n) is 5.73. The summed E-state index contributed by atoms with van der Waals surface area (Å²) in [6.45, 7) is 3.47. The van der Waals surface area contributed by atoms with Gasteiger partial charge in [-0.25, -0.2) is 4.79 Å². The minimum Gasteiger partial charge on any atom is -0.478 e. The van der Waals surface area contributed by atoms with Crippen molar-refractivity contribution >= 4 is 11.7 Å². The first-order chi connectivity index (χ1) is 8.27. The number of hydrogen-bond acceptors (Lipinski definition) is 3. The van der Waals surface area contributed by atoms with Crippen LogP contribution in [0.2, 0.25) is 0 Å². The Kier molecular flexibility index (Phi) is 3.77. The minimum absolute atomic E-state index is 0.791. The quantitative estimate of drug-likeness (QED) is 0.764. The lowest BCUT2D eigenvalue weighted by atomic mass is 10.1. The van der Waals surface area contributed by atoms with Crippen LogP contribution >= 0.6 is 0 Å². The van der Waals surface area contributed by atoms with E-state index in [9.17, 15) is 4.79 Å². The van der Waals surface area contributed by atoms with Gasteiger partial charge in [0.1, 0.15) is 0 Å². The molecule has 4 heteroatoms. The Labute approximate surface area is 101 Å². The van der Waals surface area contributed by atoms with E-state index in [4.69, 9.17) is 5.11 Å². The predicted octanol–water partition coefficient (Wildman–Crippen LogP) is 1.02. The largest absolute Gasteiger partial charge is 0.478 e. The molecule has 1 aromatic carbocycles. The maximum atomic E-state index is 10.9. The van der Waals surface area contributed by atoms with E-state index in [1.54, 1.807) is 0 Å². The van der Waals surface area contributed by atoms with Gasteiger partial charge in [0.25, 0.3) is 0 Å². The van der Waals surface area contributed by atoms with E-state index >= 15 is 0 Å². The molecule has 0 atom stereocenters. The van der Waals surface area contributed by atoms with Crippen molar-refractivity contribution in [3.63, 3.8) is 0 Å². The third-order valence-corrected chi connectivity index (χ3v) is 2.79. The average molecular weight is 232 g/mol. The third kappa shape index (κ3) is 3.07. The molecule has 0 bridgehead atoms. The number of aliphatic carboxylic acids is 1. The smallest absolute Gasteiger partial charge is 0.330 e. The highest BCUT2D eigenvalue weighted by molar-refractivity contribution is 5.89. The molecule has 1 aliphatic heterocycles. The highest BCUT2D eigenvalue weighted by Gasteiger charge is 2.15. The Hall–Kier alpha value is -1.81. The summed E-state index contributed by atoms with van der Waals surface area (Å²) in [5, 5.41) is 12.2. The van der Waals surface area contributed by atoms with Gasteiger partial charge in [-0.05, 0) is 5.56 Å². The fraction of sp³-hybridized carbons (Fsp3) is 0.308. The number of nitrogens with one attached hydrogen (secondary N) is 1. The van der Waals surface area contributed by atoms with Crippen molar-refractivity contribution < 1.29 is 9.90 Å². The molecule has 2 rings (SSSR count). The standard InChI is InChI=1S/C13H16N2O2/c16-13(17)10-12(11-4-2-1-3-5-11)15-8-6-14-7-9-15/h1-5,10,14H,6-9H2,(H,16,17)/b12-10-. The van der Waals surface area contributed by atoms with Gasteiger partial charge in [0.15, 0.2) is 0 Å². The summed E-state index contributed by atoms with van der Waals surface area (Å²) in [5.41, 5.74) is 1.75. The summed E-state index contributed by atoms with van der Waals surface area (Å²) in [6, 6.07) is 9.66. The molecular weight excluding hydrogens is 216 g/mol. The molecule has 90 valence electrons. The van der Waals surface area contributed by atoms with Gasteiger partial charge in [-0.3, -0.25) is 0 Å². The van der Waals surface area contributed by atoms with Crippen LogP contribution in [0.25, 0.3) is 5.70 Å². The molecule has 1 aromatic rings. The highest BCUT2D eigenvalue weighted by Crippen LogP contribution is 2.19. The fourth-order valence-corrected chi connectivity index (χ4v) is 1.99. The van der Waals surface area contributed by atoms with Gasteiger partial charge >= 0.3 is 5.97 Å². The van der Waals surface area contributed by atoms with Crippen LogP contribution in [0.15, 0.2) is 36.4 Å². The van der Waals surface area contributed by atoms with Crippen LogP contribution in [0.4, 0.5) is 0 Å².